The van der Waals surface area contributed by atoms with Gasteiger partial charge in [-0.15, -0.1) is 0 Å². The summed E-state index contributed by atoms with van der Waals surface area (Å²) in [7, 11) is 0. The zero-order valence-electron chi connectivity index (χ0n) is 19.0. The van der Waals surface area contributed by atoms with Crippen LogP contribution in [0.25, 0.3) is 11.5 Å². The maximum absolute atomic E-state index is 5.88. The number of morpholine rings is 1. The van der Waals surface area contributed by atoms with Gasteiger partial charge < -0.3 is 9.64 Å². The van der Waals surface area contributed by atoms with Crippen LogP contribution in [0, 0.1) is 5.92 Å². The van der Waals surface area contributed by atoms with E-state index >= 15 is 0 Å². The Bertz CT molecular complexity index is 871. The molecule has 0 aromatic carbocycles. The third-order valence-corrected chi connectivity index (χ3v) is 7.07. The first-order valence-corrected chi connectivity index (χ1v) is 12.1. The van der Waals surface area contributed by atoms with E-state index in [0.717, 1.165) is 56.5 Å². The molecule has 31 heavy (non-hydrogen) atoms. The fraction of sp³-hybridized carbons (Fsp3) is 0.640. The topological polar surface area (TPSA) is 54.4 Å². The first-order valence-electron chi connectivity index (χ1n) is 12.1. The van der Waals surface area contributed by atoms with Gasteiger partial charge in [0.15, 0.2) is 5.82 Å². The van der Waals surface area contributed by atoms with Crippen molar-refractivity contribution >= 4 is 5.82 Å². The van der Waals surface area contributed by atoms with Crippen molar-refractivity contribution in [1.82, 2.24) is 19.9 Å². The van der Waals surface area contributed by atoms with Crippen LogP contribution >= 0.6 is 0 Å². The summed E-state index contributed by atoms with van der Waals surface area (Å²) in [6, 6.07) is 5.97. The summed E-state index contributed by atoms with van der Waals surface area (Å²) in [5.41, 5.74) is 3.50. The Morgan fingerprint density at radius 3 is 2.58 bits per heavy atom. The third-order valence-electron chi connectivity index (χ3n) is 7.07. The minimum Gasteiger partial charge on any atom is -0.373 e. The number of ether oxygens (including phenoxy) is 1. The van der Waals surface area contributed by atoms with Crippen LogP contribution in [-0.2, 0) is 17.6 Å². The molecule has 2 unspecified atom stereocenters. The number of anilines is 1. The maximum atomic E-state index is 5.88. The molecule has 6 nitrogen and oxygen atoms in total. The normalized spacial score (nSPS) is 25.0. The van der Waals surface area contributed by atoms with Crippen LogP contribution in [0.4, 0.5) is 5.82 Å². The van der Waals surface area contributed by atoms with Crippen molar-refractivity contribution in [2.45, 2.75) is 64.6 Å². The van der Waals surface area contributed by atoms with Gasteiger partial charge in [-0.3, -0.25) is 9.88 Å². The molecule has 0 radical (unpaired) electrons. The zero-order valence-corrected chi connectivity index (χ0v) is 19.0. The smallest absolute Gasteiger partial charge is 0.180 e. The van der Waals surface area contributed by atoms with Crippen LogP contribution in [0.2, 0.25) is 0 Å². The van der Waals surface area contributed by atoms with Gasteiger partial charge in [-0.05, 0) is 77.0 Å². The predicted octanol–water partition coefficient (Wildman–Crippen LogP) is 3.74. The first kappa shape index (κ1) is 20.8. The Labute approximate surface area is 186 Å². The molecule has 6 heteroatoms. The van der Waals surface area contributed by atoms with E-state index in [2.05, 4.69) is 28.6 Å². The summed E-state index contributed by atoms with van der Waals surface area (Å²) in [5.74, 6) is 2.78. The lowest BCUT2D eigenvalue weighted by Crippen LogP contribution is -2.46. The van der Waals surface area contributed by atoms with E-state index < -0.39 is 0 Å². The summed E-state index contributed by atoms with van der Waals surface area (Å²) in [6.45, 7) is 9.95. The highest BCUT2D eigenvalue weighted by atomic mass is 16.5. The molecular weight excluding hydrogens is 386 g/mol. The number of hydrogen-bond donors (Lipinski definition) is 0. The number of fused-ring (bicyclic) bond motifs is 1. The Kier molecular flexibility index (Phi) is 6.19. The van der Waals surface area contributed by atoms with Gasteiger partial charge in [-0.25, -0.2) is 9.97 Å². The number of rotatable bonds is 5. The zero-order chi connectivity index (χ0) is 21.2. The molecule has 2 saturated heterocycles. The molecule has 2 aromatic rings. The second-order valence-electron chi connectivity index (χ2n) is 9.60. The molecule has 2 atom stereocenters. The molecule has 2 aromatic heterocycles. The second kappa shape index (κ2) is 9.21. The van der Waals surface area contributed by atoms with Crippen LogP contribution < -0.4 is 4.90 Å². The van der Waals surface area contributed by atoms with Crippen molar-refractivity contribution in [3.63, 3.8) is 0 Å². The van der Waals surface area contributed by atoms with E-state index in [-0.39, 0.29) is 0 Å². The molecule has 0 spiro atoms. The van der Waals surface area contributed by atoms with Crippen molar-refractivity contribution in [2.24, 2.45) is 5.92 Å². The summed E-state index contributed by atoms with van der Waals surface area (Å²) >= 11 is 0. The van der Waals surface area contributed by atoms with E-state index in [1.165, 1.54) is 49.3 Å². The van der Waals surface area contributed by atoms with Gasteiger partial charge in [0.05, 0.1) is 12.2 Å². The fourth-order valence-corrected chi connectivity index (χ4v) is 5.55. The summed E-state index contributed by atoms with van der Waals surface area (Å²) < 4.78 is 5.88. The standard InChI is InChI=1S/C25H35N5O/c1-18-16-29(17-19(2)31-18)13-9-20-10-14-30(15-11-20)25-21-6-5-8-22(21)27-24(28-25)23-7-3-4-12-26-23/h3-4,7,12,18-20H,5-6,8-11,13-17H2,1-2H3. The molecule has 0 N–H and O–H groups in total. The van der Waals surface area contributed by atoms with Crippen molar-refractivity contribution in [2.75, 3.05) is 37.6 Å². The lowest BCUT2D eigenvalue weighted by molar-refractivity contribution is -0.0690. The van der Waals surface area contributed by atoms with Gasteiger partial charge in [0.2, 0.25) is 0 Å². The summed E-state index contributed by atoms with van der Waals surface area (Å²) in [5, 5.41) is 0. The van der Waals surface area contributed by atoms with E-state index in [1.807, 2.05) is 24.4 Å². The van der Waals surface area contributed by atoms with Crippen molar-refractivity contribution < 1.29 is 4.74 Å². The highest BCUT2D eigenvalue weighted by molar-refractivity contribution is 5.59. The highest BCUT2D eigenvalue weighted by Crippen LogP contribution is 2.33. The molecule has 1 aliphatic carbocycles. The first-order chi connectivity index (χ1) is 15.2. The summed E-state index contributed by atoms with van der Waals surface area (Å²) in [4.78, 5) is 19.5. The third kappa shape index (κ3) is 4.75. The van der Waals surface area contributed by atoms with Gasteiger partial charge in [0.25, 0.3) is 0 Å². The molecule has 2 aliphatic heterocycles. The number of piperidine rings is 1. The lowest BCUT2D eigenvalue weighted by atomic mass is 9.93. The molecule has 4 heterocycles. The average Bonchev–Trinajstić information content (AvgIpc) is 3.26. The average molecular weight is 422 g/mol. The van der Waals surface area contributed by atoms with Crippen molar-refractivity contribution in [3.8, 4) is 11.5 Å². The Hall–Kier alpha value is -2.05. The second-order valence-corrected chi connectivity index (χ2v) is 9.60. The molecular formula is C25H35N5O. The Balaban J connectivity index is 1.23. The van der Waals surface area contributed by atoms with Crippen LogP contribution in [-0.4, -0.2) is 64.8 Å². The van der Waals surface area contributed by atoms with Crippen molar-refractivity contribution in [1.29, 1.82) is 0 Å². The molecule has 2 fully saturated rings. The number of nitrogens with zero attached hydrogens (tertiary/aromatic N) is 5. The van der Waals surface area contributed by atoms with Crippen molar-refractivity contribution in [3.05, 3.63) is 35.7 Å². The molecule has 0 amide bonds. The largest absolute Gasteiger partial charge is 0.373 e. The summed E-state index contributed by atoms with van der Waals surface area (Å²) in [6.07, 6.45) is 9.73. The number of pyridine rings is 1. The van der Waals surface area contributed by atoms with Gasteiger partial charge in [-0.2, -0.15) is 0 Å². The number of aryl methyl sites for hydroxylation is 1. The Morgan fingerprint density at radius 1 is 1.03 bits per heavy atom. The highest BCUT2D eigenvalue weighted by Gasteiger charge is 2.28. The van der Waals surface area contributed by atoms with E-state index in [1.54, 1.807) is 0 Å². The van der Waals surface area contributed by atoms with Crippen LogP contribution in [0.15, 0.2) is 24.4 Å². The van der Waals surface area contributed by atoms with Crippen LogP contribution in [0.3, 0.4) is 0 Å². The molecule has 0 saturated carbocycles. The predicted molar refractivity (Wildman–Crippen MR) is 123 cm³/mol. The van der Waals surface area contributed by atoms with Crippen LogP contribution in [0.5, 0.6) is 0 Å². The molecule has 0 bridgehead atoms. The molecule has 3 aliphatic rings. The SMILES string of the molecule is CC1CN(CCC2CCN(c3nc(-c4ccccn4)nc4c3CCC4)CC2)CC(C)O1. The number of hydrogen-bond acceptors (Lipinski definition) is 6. The molecule has 166 valence electrons. The quantitative estimate of drug-likeness (QED) is 0.733. The van der Waals surface area contributed by atoms with E-state index in [0.29, 0.717) is 12.2 Å². The van der Waals surface area contributed by atoms with Gasteiger partial charge in [0, 0.05) is 43.6 Å². The minimum atomic E-state index is 0.360. The van der Waals surface area contributed by atoms with Gasteiger partial charge in [-0.1, -0.05) is 6.07 Å². The van der Waals surface area contributed by atoms with E-state index in [9.17, 15) is 0 Å². The van der Waals surface area contributed by atoms with Gasteiger partial charge >= 0.3 is 0 Å². The van der Waals surface area contributed by atoms with E-state index in [4.69, 9.17) is 14.7 Å². The minimum absolute atomic E-state index is 0.360. The van der Waals surface area contributed by atoms with Crippen LogP contribution in [0.1, 0.15) is 50.8 Å². The van der Waals surface area contributed by atoms with Gasteiger partial charge in [0.1, 0.15) is 11.5 Å². The fourth-order valence-electron chi connectivity index (χ4n) is 5.55. The molecule has 5 rings (SSSR count). The monoisotopic (exact) mass is 421 g/mol. The maximum Gasteiger partial charge on any atom is 0.180 e. The lowest BCUT2D eigenvalue weighted by Gasteiger charge is -2.37. The number of aromatic nitrogens is 3. The Morgan fingerprint density at radius 2 is 1.84 bits per heavy atom.